The predicted molar refractivity (Wildman–Crippen MR) is 104 cm³/mol. The van der Waals surface area contributed by atoms with Gasteiger partial charge in [0.25, 0.3) is 0 Å². The van der Waals surface area contributed by atoms with Gasteiger partial charge in [-0.2, -0.15) is 0 Å². The van der Waals surface area contributed by atoms with E-state index < -0.39 is 0 Å². The van der Waals surface area contributed by atoms with E-state index in [0.29, 0.717) is 49.1 Å². The lowest BCUT2D eigenvalue weighted by atomic mass is 10.1. The molecule has 1 N–H and O–H groups in total. The van der Waals surface area contributed by atoms with E-state index in [1.807, 2.05) is 6.07 Å². The third kappa shape index (κ3) is 5.42. The van der Waals surface area contributed by atoms with Crippen LogP contribution in [-0.2, 0) is 11.2 Å². The number of aryl methyl sites for hydroxylation is 1. The van der Waals surface area contributed by atoms with Crippen molar-refractivity contribution in [1.82, 2.24) is 15.1 Å². The highest BCUT2D eigenvalue weighted by molar-refractivity contribution is 6.42. The van der Waals surface area contributed by atoms with E-state index in [-0.39, 0.29) is 18.0 Å². The molecule has 3 amide bonds. The van der Waals surface area contributed by atoms with Gasteiger partial charge in [0.1, 0.15) is 0 Å². The Morgan fingerprint density at radius 1 is 1.23 bits per heavy atom. The number of carbonyl (C=O) groups excluding carboxylic acids is 2. The fourth-order valence-corrected chi connectivity index (χ4v) is 3.02. The second-order valence-corrected chi connectivity index (χ2v) is 6.79. The molecule has 0 aliphatic carbocycles. The van der Waals surface area contributed by atoms with Crippen LogP contribution in [0.5, 0.6) is 0 Å². The number of terminal acetylenes is 1. The van der Waals surface area contributed by atoms with Gasteiger partial charge in [0.15, 0.2) is 0 Å². The number of piperazine rings is 1. The molecule has 1 aliphatic heterocycles. The number of nitrogens with one attached hydrogen (secondary N) is 1. The van der Waals surface area contributed by atoms with E-state index in [9.17, 15) is 9.59 Å². The molecule has 138 valence electrons. The quantitative estimate of drug-likeness (QED) is 0.617. The number of hydrogen-bond donors (Lipinski definition) is 1. The highest BCUT2D eigenvalue weighted by Gasteiger charge is 2.24. The van der Waals surface area contributed by atoms with Crippen LogP contribution in [0.15, 0.2) is 30.9 Å². The van der Waals surface area contributed by atoms with Crippen LogP contribution in [0.3, 0.4) is 0 Å². The van der Waals surface area contributed by atoms with Crippen LogP contribution in [0.25, 0.3) is 0 Å². The van der Waals surface area contributed by atoms with Crippen LogP contribution < -0.4 is 5.32 Å². The largest absolute Gasteiger partial charge is 0.336 e. The smallest absolute Gasteiger partial charge is 0.318 e. The standard InChI is InChI=1S/C19H21Cl2N3O2/c1-3-15(7-5-14-6-8-16(20)17(21)13-14)22-19(26)24-11-9-23(10-12-24)18(25)4-2/h1,4,6,8,13,15H,2,5,7,9-12H2,(H,22,26)/t15-/m1/s1. The summed E-state index contributed by atoms with van der Waals surface area (Å²) in [6.07, 6.45) is 8.11. The Morgan fingerprint density at radius 2 is 1.88 bits per heavy atom. The van der Waals surface area contributed by atoms with E-state index in [2.05, 4.69) is 17.8 Å². The van der Waals surface area contributed by atoms with Crippen molar-refractivity contribution < 1.29 is 9.59 Å². The van der Waals surface area contributed by atoms with Crippen LogP contribution in [0.2, 0.25) is 10.0 Å². The molecule has 1 aromatic carbocycles. The van der Waals surface area contributed by atoms with Crippen LogP contribution in [0, 0.1) is 12.3 Å². The first-order valence-corrected chi connectivity index (χ1v) is 9.07. The summed E-state index contributed by atoms with van der Waals surface area (Å²) >= 11 is 11.9. The fourth-order valence-electron chi connectivity index (χ4n) is 2.70. The van der Waals surface area contributed by atoms with Crippen molar-refractivity contribution in [1.29, 1.82) is 0 Å². The van der Waals surface area contributed by atoms with Crippen LogP contribution in [0.1, 0.15) is 12.0 Å². The van der Waals surface area contributed by atoms with E-state index in [0.717, 1.165) is 5.56 Å². The lowest BCUT2D eigenvalue weighted by molar-refractivity contribution is -0.127. The van der Waals surface area contributed by atoms with Gasteiger partial charge in [0.2, 0.25) is 5.91 Å². The summed E-state index contributed by atoms with van der Waals surface area (Å²) in [5, 5.41) is 3.86. The van der Waals surface area contributed by atoms with Crippen molar-refractivity contribution in [3.05, 3.63) is 46.5 Å². The summed E-state index contributed by atoms with van der Waals surface area (Å²) in [6, 6.07) is 4.83. The molecule has 0 unspecified atom stereocenters. The molecule has 1 saturated heterocycles. The zero-order valence-electron chi connectivity index (χ0n) is 14.4. The lowest BCUT2D eigenvalue weighted by Gasteiger charge is -2.34. The SMILES string of the molecule is C#C[C@H](CCc1ccc(Cl)c(Cl)c1)NC(=O)N1CCN(C(=O)C=C)CC1. The molecule has 1 fully saturated rings. The molecule has 1 heterocycles. The first kappa shape index (κ1) is 20.2. The van der Waals surface area contributed by atoms with Gasteiger partial charge in [-0.25, -0.2) is 4.79 Å². The van der Waals surface area contributed by atoms with Gasteiger partial charge >= 0.3 is 6.03 Å². The van der Waals surface area contributed by atoms with Gasteiger partial charge in [-0.3, -0.25) is 4.79 Å². The van der Waals surface area contributed by atoms with Crippen molar-refractivity contribution in [2.75, 3.05) is 26.2 Å². The zero-order chi connectivity index (χ0) is 19.1. The summed E-state index contributed by atoms with van der Waals surface area (Å²) in [5.74, 6) is 2.49. The summed E-state index contributed by atoms with van der Waals surface area (Å²) in [7, 11) is 0. The minimum atomic E-state index is -0.384. The maximum Gasteiger partial charge on any atom is 0.318 e. The Hall–Kier alpha value is -2.16. The zero-order valence-corrected chi connectivity index (χ0v) is 15.9. The number of amides is 3. The van der Waals surface area contributed by atoms with Crippen LogP contribution >= 0.6 is 23.2 Å². The Morgan fingerprint density at radius 3 is 2.46 bits per heavy atom. The number of benzene rings is 1. The summed E-state index contributed by atoms with van der Waals surface area (Å²) in [4.78, 5) is 27.3. The van der Waals surface area contributed by atoms with E-state index >= 15 is 0 Å². The maximum atomic E-state index is 12.4. The Kier molecular flexibility index (Phi) is 7.38. The topological polar surface area (TPSA) is 52.7 Å². The van der Waals surface area contributed by atoms with Crippen LogP contribution in [0.4, 0.5) is 4.79 Å². The normalized spacial score (nSPS) is 15.1. The summed E-state index contributed by atoms with van der Waals surface area (Å²) in [5.41, 5.74) is 1.01. The highest BCUT2D eigenvalue weighted by atomic mass is 35.5. The Bertz CT molecular complexity index is 722. The molecule has 0 bridgehead atoms. The molecule has 5 nitrogen and oxygen atoms in total. The number of nitrogens with zero attached hydrogens (tertiary/aromatic N) is 2. The Balaban J connectivity index is 1.83. The molecule has 26 heavy (non-hydrogen) atoms. The van der Waals surface area contributed by atoms with Gasteiger partial charge in [-0.1, -0.05) is 41.8 Å². The first-order chi connectivity index (χ1) is 12.4. The molecule has 7 heteroatoms. The van der Waals surface area contributed by atoms with Gasteiger partial charge in [-0.05, 0) is 36.6 Å². The Labute approximate surface area is 163 Å². The third-order valence-electron chi connectivity index (χ3n) is 4.26. The molecular formula is C19H21Cl2N3O2. The molecular weight excluding hydrogens is 373 g/mol. The number of hydrogen-bond acceptors (Lipinski definition) is 2. The van der Waals surface area contributed by atoms with Gasteiger partial charge in [0, 0.05) is 26.2 Å². The van der Waals surface area contributed by atoms with E-state index in [1.54, 1.807) is 21.9 Å². The predicted octanol–water partition coefficient (Wildman–Crippen LogP) is 2.97. The van der Waals surface area contributed by atoms with Crippen molar-refractivity contribution in [2.24, 2.45) is 0 Å². The van der Waals surface area contributed by atoms with Gasteiger partial charge in [-0.15, -0.1) is 6.42 Å². The summed E-state index contributed by atoms with van der Waals surface area (Å²) < 4.78 is 0. The number of rotatable bonds is 5. The third-order valence-corrected chi connectivity index (χ3v) is 5.00. The molecule has 0 saturated carbocycles. The highest BCUT2D eigenvalue weighted by Crippen LogP contribution is 2.23. The number of urea groups is 1. The average molecular weight is 394 g/mol. The van der Waals surface area contributed by atoms with Crippen molar-refractivity contribution >= 4 is 35.1 Å². The number of carbonyl (C=O) groups is 2. The average Bonchev–Trinajstić information content (AvgIpc) is 2.67. The molecule has 1 aromatic rings. The second-order valence-electron chi connectivity index (χ2n) is 5.97. The molecule has 1 aliphatic rings. The lowest BCUT2D eigenvalue weighted by Crippen LogP contribution is -2.54. The van der Waals surface area contributed by atoms with Crippen LogP contribution in [-0.4, -0.2) is 54.0 Å². The van der Waals surface area contributed by atoms with Crippen molar-refractivity contribution in [2.45, 2.75) is 18.9 Å². The van der Waals surface area contributed by atoms with E-state index in [4.69, 9.17) is 29.6 Å². The number of halogens is 2. The molecule has 0 aromatic heterocycles. The maximum absolute atomic E-state index is 12.4. The summed E-state index contributed by atoms with van der Waals surface area (Å²) in [6.45, 7) is 5.39. The van der Waals surface area contributed by atoms with Crippen molar-refractivity contribution in [3.63, 3.8) is 0 Å². The minimum absolute atomic E-state index is 0.117. The molecule has 1 atom stereocenters. The monoisotopic (exact) mass is 393 g/mol. The van der Waals surface area contributed by atoms with E-state index in [1.165, 1.54) is 6.08 Å². The van der Waals surface area contributed by atoms with Crippen molar-refractivity contribution in [3.8, 4) is 12.3 Å². The minimum Gasteiger partial charge on any atom is -0.336 e. The molecule has 0 spiro atoms. The fraction of sp³-hybridized carbons (Fsp3) is 0.368. The van der Waals surface area contributed by atoms with Gasteiger partial charge in [0.05, 0.1) is 16.1 Å². The molecule has 2 rings (SSSR count). The second kappa shape index (κ2) is 9.51. The first-order valence-electron chi connectivity index (χ1n) is 8.31. The van der Waals surface area contributed by atoms with Gasteiger partial charge < -0.3 is 15.1 Å². The molecule has 0 radical (unpaired) electrons.